The molecule has 0 saturated carbocycles. The number of hydrogen-bond acceptors (Lipinski definition) is 4. The van der Waals surface area contributed by atoms with E-state index in [2.05, 4.69) is 4.98 Å². The van der Waals surface area contributed by atoms with E-state index in [9.17, 15) is 14.0 Å². The van der Waals surface area contributed by atoms with Crippen LogP contribution in [0.15, 0.2) is 82.7 Å². The predicted molar refractivity (Wildman–Crippen MR) is 131 cm³/mol. The summed E-state index contributed by atoms with van der Waals surface area (Å²) >= 11 is 1.24. The molecule has 0 atom stereocenters. The number of para-hydroxylation sites is 1. The van der Waals surface area contributed by atoms with Crippen LogP contribution in [0.3, 0.4) is 0 Å². The standard InChI is InChI=1S/C26H24FN3O2S/c1-3-29(21-8-6-7-18(2)15-21)24(31)17-33-26-28-23-10-5-4-9-22(23)25(32)30(26)16-19-11-13-20(27)14-12-19/h4-15H,3,16-17H2,1-2H3. The molecule has 0 aliphatic carbocycles. The van der Waals surface area contributed by atoms with Gasteiger partial charge in [-0.3, -0.25) is 14.2 Å². The molecule has 0 aliphatic heterocycles. The quantitative estimate of drug-likeness (QED) is 0.286. The van der Waals surface area contributed by atoms with Crippen molar-refractivity contribution in [1.29, 1.82) is 0 Å². The number of hydrogen-bond donors (Lipinski definition) is 0. The molecular formula is C26H24FN3O2S. The highest BCUT2D eigenvalue weighted by Gasteiger charge is 2.18. The van der Waals surface area contributed by atoms with Gasteiger partial charge in [-0.05, 0) is 61.4 Å². The third-order valence-electron chi connectivity index (χ3n) is 5.34. The summed E-state index contributed by atoms with van der Waals surface area (Å²) in [7, 11) is 0. The molecule has 0 saturated heterocycles. The zero-order valence-corrected chi connectivity index (χ0v) is 19.3. The van der Waals surface area contributed by atoms with Gasteiger partial charge in [0.05, 0.1) is 23.2 Å². The zero-order valence-electron chi connectivity index (χ0n) is 18.5. The van der Waals surface area contributed by atoms with Crippen LogP contribution in [0.25, 0.3) is 10.9 Å². The first-order valence-electron chi connectivity index (χ1n) is 10.7. The molecule has 4 aromatic rings. The summed E-state index contributed by atoms with van der Waals surface area (Å²) in [4.78, 5) is 32.7. The van der Waals surface area contributed by atoms with E-state index in [0.29, 0.717) is 22.6 Å². The van der Waals surface area contributed by atoms with Gasteiger partial charge in [0.25, 0.3) is 5.56 Å². The summed E-state index contributed by atoms with van der Waals surface area (Å²) in [5.41, 5.74) is 3.09. The lowest BCUT2D eigenvalue weighted by Gasteiger charge is -2.21. The second-order valence-corrected chi connectivity index (χ2v) is 8.64. The fourth-order valence-corrected chi connectivity index (χ4v) is 4.55. The summed E-state index contributed by atoms with van der Waals surface area (Å²) in [6, 6.07) is 21.0. The summed E-state index contributed by atoms with van der Waals surface area (Å²) in [5.74, 6) is -0.265. The van der Waals surface area contributed by atoms with Gasteiger partial charge >= 0.3 is 0 Å². The van der Waals surface area contributed by atoms with Crippen molar-refractivity contribution < 1.29 is 9.18 Å². The number of aromatic nitrogens is 2. The van der Waals surface area contributed by atoms with Gasteiger partial charge in [0.2, 0.25) is 5.91 Å². The maximum atomic E-state index is 13.3. The fourth-order valence-electron chi connectivity index (χ4n) is 3.67. The molecular weight excluding hydrogens is 437 g/mol. The third kappa shape index (κ3) is 5.14. The van der Waals surface area contributed by atoms with Crippen LogP contribution in [0.5, 0.6) is 0 Å². The van der Waals surface area contributed by atoms with E-state index in [1.807, 2.05) is 44.2 Å². The van der Waals surface area contributed by atoms with Crippen molar-refractivity contribution in [3.05, 3.63) is 100 Å². The highest BCUT2D eigenvalue weighted by molar-refractivity contribution is 7.99. The second kappa shape index (κ2) is 10.0. The van der Waals surface area contributed by atoms with Crippen molar-refractivity contribution in [2.24, 2.45) is 0 Å². The van der Waals surface area contributed by atoms with Crippen LogP contribution >= 0.6 is 11.8 Å². The number of carbonyl (C=O) groups is 1. The number of halogens is 1. The Morgan fingerprint density at radius 1 is 1.06 bits per heavy atom. The number of carbonyl (C=O) groups excluding carboxylic acids is 1. The van der Waals surface area contributed by atoms with E-state index in [1.54, 1.807) is 39.8 Å². The van der Waals surface area contributed by atoms with Crippen LogP contribution < -0.4 is 10.5 Å². The topological polar surface area (TPSA) is 55.2 Å². The van der Waals surface area contributed by atoms with E-state index in [1.165, 1.54) is 23.9 Å². The first-order chi connectivity index (χ1) is 16.0. The number of amides is 1. The van der Waals surface area contributed by atoms with Gasteiger partial charge in [0.1, 0.15) is 5.82 Å². The molecule has 5 nitrogen and oxygen atoms in total. The number of fused-ring (bicyclic) bond motifs is 1. The van der Waals surface area contributed by atoms with Gasteiger partial charge in [-0.25, -0.2) is 9.37 Å². The molecule has 7 heteroatoms. The number of aryl methyl sites for hydroxylation is 1. The van der Waals surface area contributed by atoms with Crippen LogP contribution in [0.2, 0.25) is 0 Å². The lowest BCUT2D eigenvalue weighted by molar-refractivity contribution is -0.116. The van der Waals surface area contributed by atoms with E-state index in [-0.39, 0.29) is 29.6 Å². The minimum atomic E-state index is -0.335. The number of thioether (sulfide) groups is 1. The molecule has 3 aromatic carbocycles. The smallest absolute Gasteiger partial charge is 0.262 e. The molecule has 0 fully saturated rings. The predicted octanol–water partition coefficient (Wildman–Crippen LogP) is 5.04. The normalized spacial score (nSPS) is 11.0. The maximum Gasteiger partial charge on any atom is 0.262 e. The van der Waals surface area contributed by atoms with E-state index in [4.69, 9.17) is 0 Å². The Hall–Kier alpha value is -3.45. The lowest BCUT2D eigenvalue weighted by Crippen LogP contribution is -2.32. The number of benzene rings is 3. The zero-order chi connectivity index (χ0) is 23.4. The first-order valence-corrected chi connectivity index (χ1v) is 11.7. The Kier molecular flexibility index (Phi) is 6.89. The van der Waals surface area contributed by atoms with Crippen LogP contribution in [0, 0.1) is 12.7 Å². The Bertz CT molecular complexity index is 1350. The molecule has 0 N–H and O–H groups in total. The van der Waals surface area contributed by atoms with Gasteiger partial charge in [-0.2, -0.15) is 0 Å². The van der Waals surface area contributed by atoms with Crippen LogP contribution in [-0.4, -0.2) is 27.8 Å². The molecule has 1 aromatic heterocycles. The van der Waals surface area contributed by atoms with E-state index < -0.39 is 0 Å². The van der Waals surface area contributed by atoms with Crippen molar-refractivity contribution in [2.45, 2.75) is 25.5 Å². The average Bonchev–Trinajstić information content (AvgIpc) is 2.81. The van der Waals surface area contributed by atoms with Gasteiger partial charge in [0, 0.05) is 12.2 Å². The third-order valence-corrected chi connectivity index (χ3v) is 6.30. The van der Waals surface area contributed by atoms with Gasteiger partial charge in [0.15, 0.2) is 5.16 Å². The Morgan fingerprint density at radius 3 is 2.55 bits per heavy atom. The summed E-state index contributed by atoms with van der Waals surface area (Å²) in [6.45, 7) is 4.70. The Morgan fingerprint density at radius 2 is 1.82 bits per heavy atom. The van der Waals surface area contributed by atoms with Crippen LogP contribution in [-0.2, 0) is 11.3 Å². The summed E-state index contributed by atoms with van der Waals surface area (Å²) < 4.78 is 14.9. The minimum Gasteiger partial charge on any atom is -0.312 e. The first kappa shape index (κ1) is 22.7. The van der Waals surface area contributed by atoms with Crippen molar-refractivity contribution in [3.63, 3.8) is 0 Å². The van der Waals surface area contributed by atoms with Crippen molar-refractivity contribution in [3.8, 4) is 0 Å². The van der Waals surface area contributed by atoms with Crippen LogP contribution in [0.4, 0.5) is 10.1 Å². The van der Waals surface area contributed by atoms with Crippen molar-refractivity contribution >= 4 is 34.3 Å². The molecule has 0 spiro atoms. The average molecular weight is 462 g/mol. The summed E-state index contributed by atoms with van der Waals surface area (Å²) in [5, 5.41) is 0.960. The fraction of sp³-hybridized carbons (Fsp3) is 0.192. The minimum absolute atomic E-state index is 0.0659. The SMILES string of the molecule is CCN(C(=O)CSc1nc2ccccc2c(=O)n1Cc1ccc(F)cc1)c1cccc(C)c1. The molecule has 33 heavy (non-hydrogen) atoms. The molecule has 0 radical (unpaired) electrons. The van der Waals surface area contributed by atoms with Gasteiger partial charge in [-0.1, -0.05) is 48.2 Å². The van der Waals surface area contributed by atoms with E-state index in [0.717, 1.165) is 16.8 Å². The van der Waals surface area contributed by atoms with Crippen molar-refractivity contribution in [2.75, 3.05) is 17.2 Å². The monoisotopic (exact) mass is 461 g/mol. The molecule has 0 unspecified atom stereocenters. The maximum absolute atomic E-state index is 13.3. The number of nitrogens with zero attached hydrogens (tertiary/aromatic N) is 3. The van der Waals surface area contributed by atoms with Gasteiger partial charge < -0.3 is 4.90 Å². The van der Waals surface area contributed by atoms with Crippen LogP contribution in [0.1, 0.15) is 18.1 Å². The Balaban J connectivity index is 1.65. The Labute approximate surface area is 195 Å². The lowest BCUT2D eigenvalue weighted by atomic mass is 10.2. The molecule has 0 aliphatic rings. The second-order valence-electron chi connectivity index (χ2n) is 7.69. The largest absolute Gasteiger partial charge is 0.312 e. The van der Waals surface area contributed by atoms with Crippen molar-refractivity contribution in [1.82, 2.24) is 9.55 Å². The number of rotatable bonds is 7. The highest BCUT2D eigenvalue weighted by Crippen LogP contribution is 2.22. The summed E-state index contributed by atoms with van der Waals surface area (Å²) in [6.07, 6.45) is 0. The highest BCUT2D eigenvalue weighted by atomic mass is 32.2. The number of anilines is 1. The molecule has 1 amide bonds. The molecule has 1 heterocycles. The molecule has 168 valence electrons. The molecule has 4 rings (SSSR count). The van der Waals surface area contributed by atoms with E-state index >= 15 is 0 Å². The van der Waals surface area contributed by atoms with Gasteiger partial charge in [-0.15, -0.1) is 0 Å². The molecule has 0 bridgehead atoms.